The van der Waals surface area contributed by atoms with E-state index < -0.39 is 4.92 Å². The third-order valence-corrected chi connectivity index (χ3v) is 4.10. The van der Waals surface area contributed by atoms with Crippen molar-refractivity contribution in [1.29, 1.82) is 0 Å². The summed E-state index contributed by atoms with van der Waals surface area (Å²) < 4.78 is 0. The van der Waals surface area contributed by atoms with Crippen molar-refractivity contribution in [1.82, 2.24) is 4.90 Å². The lowest BCUT2D eigenvalue weighted by Crippen LogP contribution is -2.40. The Hall–Kier alpha value is -1.62. The van der Waals surface area contributed by atoms with Crippen LogP contribution in [0.5, 0.6) is 0 Å². The number of piperidine rings is 1. The van der Waals surface area contributed by atoms with Gasteiger partial charge >= 0.3 is 0 Å². The van der Waals surface area contributed by atoms with Crippen molar-refractivity contribution >= 4 is 23.2 Å². The van der Waals surface area contributed by atoms with E-state index in [1.54, 1.807) is 17.9 Å². The number of benzene rings is 1. The molecule has 1 aliphatic rings. The van der Waals surface area contributed by atoms with Gasteiger partial charge in [0.25, 0.3) is 11.6 Å². The Bertz CT molecular complexity index is 533. The number of alkyl halides is 1. The molecule has 6 heteroatoms. The molecule has 0 aliphatic carbocycles. The van der Waals surface area contributed by atoms with Crippen molar-refractivity contribution in [3.63, 3.8) is 0 Å². The maximum absolute atomic E-state index is 12.4. The Morgan fingerprint density at radius 2 is 2.30 bits per heavy atom. The first-order chi connectivity index (χ1) is 9.52. The number of nitro benzene ring substituents is 1. The van der Waals surface area contributed by atoms with Crippen LogP contribution in [0.1, 0.15) is 28.8 Å². The molecule has 1 aromatic carbocycles. The lowest BCUT2D eigenvalue weighted by Gasteiger charge is -2.31. The van der Waals surface area contributed by atoms with Gasteiger partial charge in [0.2, 0.25) is 0 Å². The van der Waals surface area contributed by atoms with Crippen LogP contribution in [0.3, 0.4) is 0 Å². The van der Waals surface area contributed by atoms with E-state index in [-0.39, 0.29) is 11.6 Å². The second-order valence-corrected chi connectivity index (χ2v) is 5.48. The van der Waals surface area contributed by atoms with E-state index in [0.717, 1.165) is 19.4 Å². The summed E-state index contributed by atoms with van der Waals surface area (Å²) in [5, 5.41) is 10.8. The molecule has 1 aliphatic heterocycles. The SMILES string of the molecule is Cc1cc(C(=O)N2CCCC(CCl)C2)ccc1[N+](=O)[O-]. The summed E-state index contributed by atoms with van der Waals surface area (Å²) in [6.07, 6.45) is 2.00. The minimum atomic E-state index is -0.436. The highest BCUT2D eigenvalue weighted by Gasteiger charge is 2.24. The van der Waals surface area contributed by atoms with E-state index in [4.69, 9.17) is 11.6 Å². The minimum Gasteiger partial charge on any atom is -0.338 e. The maximum atomic E-state index is 12.4. The molecular weight excluding hydrogens is 280 g/mol. The number of carbonyl (C=O) groups excluding carboxylic acids is 1. The van der Waals surface area contributed by atoms with Gasteiger partial charge in [0, 0.05) is 36.2 Å². The Labute approximate surface area is 122 Å². The van der Waals surface area contributed by atoms with Crippen LogP contribution in [-0.4, -0.2) is 34.7 Å². The largest absolute Gasteiger partial charge is 0.338 e. The summed E-state index contributed by atoms with van der Waals surface area (Å²) in [6, 6.07) is 4.51. The zero-order chi connectivity index (χ0) is 14.7. The average molecular weight is 297 g/mol. The van der Waals surface area contributed by atoms with Crippen LogP contribution in [-0.2, 0) is 0 Å². The number of halogens is 1. The zero-order valence-electron chi connectivity index (χ0n) is 11.3. The summed E-state index contributed by atoms with van der Waals surface area (Å²) >= 11 is 5.86. The summed E-state index contributed by atoms with van der Waals surface area (Å²) in [5.74, 6) is 0.828. The van der Waals surface area contributed by atoms with Crippen molar-refractivity contribution in [2.45, 2.75) is 19.8 Å². The molecule has 1 heterocycles. The Morgan fingerprint density at radius 3 is 2.90 bits per heavy atom. The molecule has 20 heavy (non-hydrogen) atoms. The minimum absolute atomic E-state index is 0.0406. The van der Waals surface area contributed by atoms with Gasteiger partial charge in [-0.25, -0.2) is 0 Å². The third-order valence-electron chi connectivity index (χ3n) is 3.66. The predicted octanol–water partition coefficient (Wildman–Crippen LogP) is 2.99. The van der Waals surface area contributed by atoms with Crippen molar-refractivity contribution in [2.24, 2.45) is 5.92 Å². The van der Waals surface area contributed by atoms with E-state index in [1.807, 2.05) is 0 Å². The summed E-state index contributed by atoms with van der Waals surface area (Å²) in [4.78, 5) is 24.5. The predicted molar refractivity (Wildman–Crippen MR) is 77.2 cm³/mol. The van der Waals surface area contributed by atoms with Crippen LogP contribution >= 0.6 is 11.6 Å². The average Bonchev–Trinajstić information content (AvgIpc) is 2.46. The van der Waals surface area contributed by atoms with Crippen molar-refractivity contribution in [2.75, 3.05) is 19.0 Å². The second-order valence-electron chi connectivity index (χ2n) is 5.17. The lowest BCUT2D eigenvalue weighted by atomic mass is 9.99. The number of hydrogen-bond donors (Lipinski definition) is 0. The van der Waals surface area contributed by atoms with E-state index in [2.05, 4.69) is 0 Å². The molecule has 0 radical (unpaired) electrons. The Morgan fingerprint density at radius 1 is 1.55 bits per heavy atom. The van der Waals surface area contributed by atoms with Crippen LogP contribution in [0, 0.1) is 23.0 Å². The zero-order valence-corrected chi connectivity index (χ0v) is 12.1. The van der Waals surface area contributed by atoms with E-state index in [9.17, 15) is 14.9 Å². The number of aryl methyl sites for hydroxylation is 1. The molecule has 1 saturated heterocycles. The van der Waals surface area contributed by atoms with Crippen LogP contribution in [0.25, 0.3) is 0 Å². The van der Waals surface area contributed by atoms with Crippen molar-refractivity contribution in [3.8, 4) is 0 Å². The lowest BCUT2D eigenvalue weighted by molar-refractivity contribution is -0.385. The number of nitrogens with zero attached hydrogens (tertiary/aromatic N) is 2. The summed E-state index contributed by atoms with van der Waals surface area (Å²) in [6.45, 7) is 3.04. The monoisotopic (exact) mass is 296 g/mol. The van der Waals surface area contributed by atoms with Gasteiger partial charge in [-0.2, -0.15) is 0 Å². The number of amides is 1. The topological polar surface area (TPSA) is 63.5 Å². The molecule has 0 bridgehead atoms. The number of nitro groups is 1. The first-order valence-electron chi connectivity index (χ1n) is 6.63. The fourth-order valence-corrected chi connectivity index (χ4v) is 2.80. The van der Waals surface area contributed by atoms with Gasteiger partial charge in [-0.1, -0.05) is 0 Å². The van der Waals surface area contributed by atoms with Crippen molar-refractivity contribution < 1.29 is 9.72 Å². The highest BCUT2D eigenvalue weighted by Crippen LogP contribution is 2.23. The quantitative estimate of drug-likeness (QED) is 0.489. The summed E-state index contributed by atoms with van der Waals surface area (Å²) in [5.41, 5.74) is 1.05. The first-order valence-corrected chi connectivity index (χ1v) is 7.16. The number of rotatable bonds is 3. The first kappa shape index (κ1) is 14.8. The number of hydrogen-bond acceptors (Lipinski definition) is 3. The van der Waals surface area contributed by atoms with Gasteiger partial charge in [-0.3, -0.25) is 14.9 Å². The van der Waals surface area contributed by atoms with Gasteiger partial charge in [0.1, 0.15) is 0 Å². The van der Waals surface area contributed by atoms with Gasteiger partial charge in [0.15, 0.2) is 0 Å². The second kappa shape index (κ2) is 6.22. The van der Waals surface area contributed by atoms with Gasteiger partial charge < -0.3 is 4.90 Å². The van der Waals surface area contributed by atoms with E-state index >= 15 is 0 Å². The van der Waals surface area contributed by atoms with Crippen LogP contribution in [0.15, 0.2) is 18.2 Å². The Balaban J connectivity index is 2.17. The molecule has 1 aromatic rings. The molecule has 5 nitrogen and oxygen atoms in total. The molecular formula is C14H17ClN2O3. The van der Waals surface area contributed by atoms with Gasteiger partial charge in [0.05, 0.1) is 4.92 Å². The molecule has 0 N–H and O–H groups in total. The summed E-state index contributed by atoms with van der Waals surface area (Å²) in [7, 11) is 0. The molecule has 108 valence electrons. The van der Waals surface area contributed by atoms with E-state index in [0.29, 0.717) is 29.5 Å². The van der Waals surface area contributed by atoms with Crippen LogP contribution in [0.2, 0.25) is 0 Å². The number of carbonyl (C=O) groups is 1. The molecule has 1 atom stereocenters. The van der Waals surface area contributed by atoms with E-state index in [1.165, 1.54) is 12.1 Å². The number of likely N-dealkylation sites (tertiary alicyclic amines) is 1. The van der Waals surface area contributed by atoms with Gasteiger partial charge in [-0.05, 0) is 37.8 Å². The molecule has 0 aromatic heterocycles. The third kappa shape index (κ3) is 3.10. The molecule has 1 unspecified atom stereocenters. The maximum Gasteiger partial charge on any atom is 0.272 e. The van der Waals surface area contributed by atoms with Crippen molar-refractivity contribution in [3.05, 3.63) is 39.4 Å². The van der Waals surface area contributed by atoms with Gasteiger partial charge in [-0.15, -0.1) is 11.6 Å². The molecule has 1 fully saturated rings. The molecule has 1 amide bonds. The normalized spacial score (nSPS) is 18.9. The fraction of sp³-hybridized carbons (Fsp3) is 0.500. The molecule has 0 spiro atoms. The Kier molecular flexibility index (Phi) is 4.60. The standard InChI is InChI=1S/C14H17ClN2O3/c1-10-7-12(4-5-13(10)17(19)20)14(18)16-6-2-3-11(8-15)9-16/h4-5,7,11H,2-3,6,8-9H2,1H3. The smallest absolute Gasteiger partial charge is 0.272 e. The highest BCUT2D eigenvalue weighted by atomic mass is 35.5. The fourth-order valence-electron chi connectivity index (χ4n) is 2.55. The molecule has 0 saturated carbocycles. The van der Waals surface area contributed by atoms with Crippen LogP contribution in [0.4, 0.5) is 5.69 Å². The van der Waals surface area contributed by atoms with Crippen LogP contribution < -0.4 is 0 Å². The highest BCUT2D eigenvalue weighted by molar-refractivity contribution is 6.18. The molecule has 2 rings (SSSR count).